The smallest absolute Gasteiger partial charge is 0.269 e. The molecule has 0 atom stereocenters. The number of pyridine rings is 1. The van der Waals surface area contributed by atoms with E-state index in [9.17, 15) is 21.6 Å². The van der Waals surface area contributed by atoms with Gasteiger partial charge < -0.3 is 4.74 Å². The normalized spacial score (nSPS) is 12.2. The van der Waals surface area contributed by atoms with Crippen LogP contribution in [0, 0.1) is 0 Å². The maximum Gasteiger partial charge on any atom is 0.269 e. The van der Waals surface area contributed by atoms with Crippen LogP contribution in [0.5, 0.6) is 5.88 Å². The van der Waals surface area contributed by atoms with Crippen molar-refractivity contribution in [3.05, 3.63) is 18.3 Å². The van der Waals surface area contributed by atoms with Crippen LogP contribution in [-0.2, 0) is 24.8 Å². The molecule has 0 aliphatic rings. The van der Waals surface area contributed by atoms with Crippen molar-refractivity contribution in [3.63, 3.8) is 0 Å². The molecule has 1 rings (SSSR count). The average molecular weight is 365 g/mol. The summed E-state index contributed by atoms with van der Waals surface area (Å²) >= 11 is 0. The van der Waals surface area contributed by atoms with Gasteiger partial charge in [-0.2, -0.15) is 4.31 Å². The molecule has 1 N–H and O–H groups in total. The van der Waals surface area contributed by atoms with E-state index in [0.29, 0.717) is 0 Å². The summed E-state index contributed by atoms with van der Waals surface area (Å²) < 4.78 is 55.3. The van der Waals surface area contributed by atoms with Crippen LogP contribution >= 0.6 is 0 Å². The van der Waals surface area contributed by atoms with Gasteiger partial charge in [0.1, 0.15) is 4.90 Å². The third kappa shape index (κ3) is 5.15. The molecule has 130 valence electrons. The van der Waals surface area contributed by atoms with Crippen molar-refractivity contribution in [2.75, 3.05) is 26.0 Å². The Kier molecular flexibility index (Phi) is 6.47. The number of nitrogens with zero attached hydrogens (tertiary/aromatic N) is 2. The average Bonchev–Trinajstić information content (AvgIpc) is 2.47. The van der Waals surface area contributed by atoms with Gasteiger partial charge in [0.15, 0.2) is 0 Å². The number of hydrogen-bond acceptors (Lipinski definition) is 7. The van der Waals surface area contributed by atoms with E-state index in [4.69, 9.17) is 4.74 Å². The summed E-state index contributed by atoms with van der Waals surface area (Å²) in [7, 11) is -6.61. The second kappa shape index (κ2) is 7.70. The first-order chi connectivity index (χ1) is 10.6. The highest BCUT2D eigenvalue weighted by molar-refractivity contribution is 7.90. The molecule has 0 aromatic carbocycles. The minimum Gasteiger partial charge on any atom is -0.477 e. The van der Waals surface area contributed by atoms with E-state index in [1.165, 1.54) is 32.3 Å². The fourth-order valence-electron chi connectivity index (χ4n) is 1.58. The predicted molar refractivity (Wildman–Crippen MR) is 82.8 cm³/mol. The van der Waals surface area contributed by atoms with Crippen molar-refractivity contribution in [2.24, 2.45) is 0 Å². The van der Waals surface area contributed by atoms with Crippen molar-refractivity contribution < 1.29 is 26.4 Å². The molecule has 23 heavy (non-hydrogen) atoms. The molecule has 0 aliphatic carbocycles. The minimum atomic E-state index is -4.22. The van der Waals surface area contributed by atoms with E-state index in [2.05, 4.69) is 4.98 Å². The van der Waals surface area contributed by atoms with Gasteiger partial charge in [0.25, 0.3) is 10.0 Å². The number of hydrogen-bond donors (Lipinski definition) is 1. The van der Waals surface area contributed by atoms with Gasteiger partial charge in [-0.3, -0.25) is 4.79 Å². The zero-order valence-electron chi connectivity index (χ0n) is 13.0. The number of aromatic nitrogens is 1. The first-order valence-corrected chi connectivity index (χ1v) is 9.80. The summed E-state index contributed by atoms with van der Waals surface area (Å²) in [6.07, 6.45) is 1.35. The largest absolute Gasteiger partial charge is 0.477 e. The topological polar surface area (TPSA) is 123 Å². The lowest BCUT2D eigenvalue weighted by molar-refractivity contribution is -0.119. The SMILES string of the molecule is CCOc1ncccc1S(=O)(=O)NC(=O)CN(C)S(=O)(=O)CC. The molecule has 0 spiro atoms. The Balaban J connectivity index is 2.93. The molecule has 0 bridgehead atoms. The monoisotopic (exact) mass is 365 g/mol. The third-order valence-electron chi connectivity index (χ3n) is 2.76. The van der Waals surface area contributed by atoms with Crippen molar-refractivity contribution in [2.45, 2.75) is 18.7 Å². The summed E-state index contributed by atoms with van der Waals surface area (Å²) in [4.78, 5) is 15.3. The number of carbonyl (C=O) groups excluding carboxylic acids is 1. The Morgan fingerprint density at radius 2 is 1.96 bits per heavy atom. The lowest BCUT2D eigenvalue weighted by Gasteiger charge is -2.16. The zero-order chi connectivity index (χ0) is 17.7. The van der Waals surface area contributed by atoms with Crippen LogP contribution < -0.4 is 9.46 Å². The lowest BCUT2D eigenvalue weighted by atomic mass is 10.5. The number of likely N-dealkylation sites (N-methyl/N-ethyl adjacent to an activating group) is 1. The maximum atomic E-state index is 12.2. The van der Waals surface area contributed by atoms with Crippen LogP contribution in [0.4, 0.5) is 0 Å². The second-order valence-corrected chi connectivity index (χ2v) is 8.44. The Morgan fingerprint density at radius 1 is 1.30 bits per heavy atom. The first kappa shape index (κ1) is 19.3. The Morgan fingerprint density at radius 3 is 2.52 bits per heavy atom. The molecule has 11 heteroatoms. The van der Waals surface area contributed by atoms with E-state index in [0.717, 1.165) is 4.31 Å². The Hall–Kier alpha value is -1.72. The zero-order valence-corrected chi connectivity index (χ0v) is 14.6. The first-order valence-electron chi connectivity index (χ1n) is 6.71. The van der Waals surface area contributed by atoms with Gasteiger partial charge in [0, 0.05) is 13.2 Å². The lowest BCUT2D eigenvalue weighted by Crippen LogP contribution is -2.41. The molecule has 1 aromatic rings. The summed E-state index contributed by atoms with van der Waals surface area (Å²) in [5, 5.41) is 0. The molecule has 1 amide bonds. The van der Waals surface area contributed by atoms with Crippen LogP contribution in [0.1, 0.15) is 13.8 Å². The highest BCUT2D eigenvalue weighted by Crippen LogP contribution is 2.20. The number of sulfonamides is 2. The number of rotatable bonds is 8. The predicted octanol–water partition coefficient (Wildman–Crippen LogP) is -0.433. The van der Waals surface area contributed by atoms with Crippen LogP contribution in [-0.4, -0.2) is 58.0 Å². The van der Waals surface area contributed by atoms with Gasteiger partial charge in [-0.15, -0.1) is 0 Å². The third-order valence-corrected chi connectivity index (χ3v) is 5.96. The van der Waals surface area contributed by atoms with Crippen molar-refractivity contribution in [1.29, 1.82) is 0 Å². The Labute approximate surface area is 135 Å². The quantitative estimate of drug-likeness (QED) is 0.663. The number of carbonyl (C=O) groups is 1. The minimum absolute atomic E-state index is 0.134. The maximum absolute atomic E-state index is 12.2. The van der Waals surface area contributed by atoms with Crippen LogP contribution in [0.3, 0.4) is 0 Å². The highest BCUT2D eigenvalue weighted by Gasteiger charge is 2.25. The van der Waals surface area contributed by atoms with Gasteiger partial charge in [-0.25, -0.2) is 26.5 Å². The Bertz CT molecular complexity index is 761. The molecule has 0 saturated carbocycles. The fourth-order valence-corrected chi connectivity index (χ4v) is 3.41. The number of nitrogens with one attached hydrogen (secondary N) is 1. The molecular formula is C12H19N3O6S2. The van der Waals surface area contributed by atoms with Gasteiger partial charge in [0.05, 0.1) is 18.9 Å². The molecular weight excluding hydrogens is 346 g/mol. The van der Waals surface area contributed by atoms with Crippen molar-refractivity contribution >= 4 is 26.0 Å². The molecule has 1 aromatic heterocycles. The van der Waals surface area contributed by atoms with E-state index in [1.807, 2.05) is 0 Å². The summed E-state index contributed by atoms with van der Waals surface area (Å²) in [5.41, 5.74) is 0. The summed E-state index contributed by atoms with van der Waals surface area (Å²) in [5.74, 6) is -1.30. The number of ether oxygens (including phenoxy) is 1. The van der Waals surface area contributed by atoms with Gasteiger partial charge in [-0.05, 0) is 26.0 Å². The molecule has 0 radical (unpaired) electrons. The number of amides is 1. The van der Waals surface area contributed by atoms with E-state index < -0.39 is 32.5 Å². The van der Waals surface area contributed by atoms with Crippen LogP contribution in [0.15, 0.2) is 23.2 Å². The van der Waals surface area contributed by atoms with E-state index in [1.54, 1.807) is 11.6 Å². The standard InChI is InChI=1S/C12H19N3O6S2/c1-4-21-12-10(7-6-8-13-12)23(19,20)14-11(16)9-15(3)22(17,18)5-2/h6-8H,4-5,9H2,1-3H3,(H,14,16). The fraction of sp³-hybridized carbons (Fsp3) is 0.500. The van der Waals surface area contributed by atoms with Crippen molar-refractivity contribution in [3.8, 4) is 5.88 Å². The second-order valence-electron chi connectivity index (χ2n) is 4.42. The molecule has 9 nitrogen and oxygen atoms in total. The van der Waals surface area contributed by atoms with Crippen LogP contribution in [0.25, 0.3) is 0 Å². The molecule has 0 fully saturated rings. The van der Waals surface area contributed by atoms with E-state index in [-0.39, 0.29) is 23.1 Å². The van der Waals surface area contributed by atoms with Crippen molar-refractivity contribution in [1.82, 2.24) is 14.0 Å². The van der Waals surface area contributed by atoms with Gasteiger partial charge >= 0.3 is 0 Å². The molecule has 0 saturated heterocycles. The van der Waals surface area contributed by atoms with E-state index >= 15 is 0 Å². The van der Waals surface area contributed by atoms with Gasteiger partial charge in [-0.1, -0.05) is 0 Å². The molecule has 1 heterocycles. The molecule has 0 unspecified atom stereocenters. The van der Waals surface area contributed by atoms with Gasteiger partial charge in [0.2, 0.25) is 21.8 Å². The van der Waals surface area contributed by atoms with Crippen LogP contribution in [0.2, 0.25) is 0 Å². The highest BCUT2D eigenvalue weighted by atomic mass is 32.2. The molecule has 0 aliphatic heterocycles. The summed E-state index contributed by atoms with van der Waals surface area (Å²) in [6, 6.07) is 2.62. The summed E-state index contributed by atoms with van der Waals surface area (Å²) in [6.45, 7) is 2.67.